The summed E-state index contributed by atoms with van der Waals surface area (Å²) in [6.45, 7) is 0.643. The van der Waals surface area contributed by atoms with Crippen molar-refractivity contribution < 1.29 is 8.42 Å². The van der Waals surface area contributed by atoms with Gasteiger partial charge >= 0.3 is 0 Å². The van der Waals surface area contributed by atoms with Gasteiger partial charge in [-0.25, -0.2) is 13.1 Å². The summed E-state index contributed by atoms with van der Waals surface area (Å²) in [6.07, 6.45) is 1.63. The van der Waals surface area contributed by atoms with Crippen LogP contribution in [0.25, 0.3) is 0 Å². The lowest BCUT2D eigenvalue weighted by Gasteiger charge is -2.05. The fourth-order valence-corrected chi connectivity index (χ4v) is 2.29. The molecular weight excluding hydrogens is 254 g/mol. The van der Waals surface area contributed by atoms with Crippen LogP contribution >= 0.6 is 11.6 Å². The second-order valence-corrected chi connectivity index (χ2v) is 5.23. The van der Waals surface area contributed by atoms with Gasteiger partial charge in [0.2, 0.25) is 10.0 Å². The lowest BCUT2D eigenvalue weighted by atomic mass is 10.4. The van der Waals surface area contributed by atoms with E-state index in [4.69, 9.17) is 17.3 Å². The highest BCUT2D eigenvalue weighted by molar-refractivity contribution is 7.89. The summed E-state index contributed by atoms with van der Waals surface area (Å²) in [5, 5.41) is -0.165. The van der Waals surface area contributed by atoms with Crippen molar-refractivity contribution in [3.8, 4) is 0 Å². The van der Waals surface area contributed by atoms with Crippen LogP contribution < -0.4 is 16.0 Å². The van der Waals surface area contributed by atoms with Crippen molar-refractivity contribution >= 4 is 21.6 Å². The molecule has 0 aliphatic carbocycles. The van der Waals surface area contributed by atoms with E-state index in [2.05, 4.69) is 9.71 Å². The van der Waals surface area contributed by atoms with E-state index in [9.17, 15) is 13.2 Å². The molecule has 0 fully saturated rings. The standard InChI is InChI=1S/C8H12ClN3O3S/c9-7-4-6(5-11-8(7)13)16(14,15)12-3-1-2-10/h4-5,12H,1-3,10H2,(H,11,13). The zero-order valence-corrected chi connectivity index (χ0v) is 9.94. The number of nitrogens with two attached hydrogens (primary N) is 1. The molecule has 0 spiro atoms. The number of pyridine rings is 1. The highest BCUT2D eigenvalue weighted by atomic mass is 35.5. The predicted octanol–water partition coefficient (Wildman–Crippen LogP) is -0.345. The first-order valence-electron chi connectivity index (χ1n) is 4.55. The fourth-order valence-electron chi connectivity index (χ4n) is 0.985. The zero-order chi connectivity index (χ0) is 12.2. The molecule has 0 aromatic carbocycles. The molecule has 1 aromatic heterocycles. The number of aromatic nitrogens is 1. The van der Waals surface area contributed by atoms with Crippen molar-refractivity contribution in [2.24, 2.45) is 5.73 Å². The minimum Gasteiger partial charge on any atom is -0.330 e. The third-order valence-corrected chi connectivity index (χ3v) is 3.54. The normalized spacial score (nSPS) is 11.6. The van der Waals surface area contributed by atoms with Crippen LogP contribution in [0, 0.1) is 0 Å². The molecule has 1 heterocycles. The van der Waals surface area contributed by atoms with E-state index < -0.39 is 15.6 Å². The molecule has 1 rings (SSSR count). The van der Waals surface area contributed by atoms with E-state index in [1.165, 1.54) is 0 Å². The Morgan fingerprint density at radius 1 is 1.50 bits per heavy atom. The third-order valence-electron chi connectivity index (χ3n) is 1.81. The van der Waals surface area contributed by atoms with Crippen molar-refractivity contribution in [1.29, 1.82) is 0 Å². The van der Waals surface area contributed by atoms with Crippen molar-refractivity contribution in [2.45, 2.75) is 11.3 Å². The van der Waals surface area contributed by atoms with Crippen molar-refractivity contribution in [2.75, 3.05) is 13.1 Å². The van der Waals surface area contributed by atoms with Gasteiger partial charge in [0.25, 0.3) is 5.56 Å². The van der Waals surface area contributed by atoms with Gasteiger partial charge in [-0.3, -0.25) is 4.79 Å². The summed E-state index contributed by atoms with van der Waals surface area (Å²) in [5.41, 5.74) is 4.71. The molecule has 0 radical (unpaired) electrons. The smallest absolute Gasteiger partial charge is 0.266 e. The monoisotopic (exact) mass is 265 g/mol. The first-order valence-corrected chi connectivity index (χ1v) is 6.41. The Labute approximate surface area is 97.9 Å². The molecule has 0 atom stereocenters. The maximum atomic E-state index is 11.6. The molecule has 0 bridgehead atoms. The van der Waals surface area contributed by atoms with Crippen LogP contribution in [-0.2, 0) is 10.0 Å². The summed E-state index contributed by atoms with van der Waals surface area (Å²) in [4.78, 5) is 13.1. The number of hydrogen-bond acceptors (Lipinski definition) is 4. The van der Waals surface area contributed by atoms with Gasteiger partial charge in [0.05, 0.1) is 4.90 Å². The SMILES string of the molecule is NCCCNS(=O)(=O)c1c[nH]c(=O)c(Cl)c1. The first-order chi connectivity index (χ1) is 7.47. The Bertz CT molecular complexity index is 512. The molecule has 0 unspecified atom stereocenters. The van der Waals surface area contributed by atoms with Crippen LogP contribution in [0.5, 0.6) is 0 Å². The van der Waals surface area contributed by atoms with Crippen molar-refractivity contribution in [3.05, 3.63) is 27.6 Å². The van der Waals surface area contributed by atoms with Gasteiger partial charge in [-0.15, -0.1) is 0 Å². The lowest BCUT2D eigenvalue weighted by molar-refractivity contribution is 0.579. The predicted molar refractivity (Wildman–Crippen MR) is 60.9 cm³/mol. The molecule has 0 saturated carbocycles. The molecular formula is C8H12ClN3O3S. The van der Waals surface area contributed by atoms with Crippen LogP contribution in [0.2, 0.25) is 5.02 Å². The Morgan fingerprint density at radius 2 is 2.19 bits per heavy atom. The largest absolute Gasteiger partial charge is 0.330 e. The minimum atomic E-state index is -3.63. The van der Waals surface area contributed by atoms with Crippen LogP contribution in [0.15, 0.2) is 22.0 Å². The number of sulfonamides is 1. The minimum absolute atomic E-state index is 0.0749. The topological polar surface area (TPSA) is 105 Å². The second kappa shape index (κ2) is 5.44. The molecule has 8 heteroatoms. The Hall–Kier alpha value is -0.890. The van der Waals surface area contributed by atoms with Crippen LogP contribution in [-0.4, -0.2) is 26.5 Å². The van der Waals surface area contributed by atoms with Crippen molar-refractivity contribution in [3.63, 3.8) is 0 Å². The van der Waals surface area contributed by atoms with Gasteiger partial charge in [-0.05, 0) is 19.0 Å². The zero-order valence-electron chi connectivity index (χ0n) is 8.36. The highest BCUT2D eigenvalue weighted by Crippen LogP contribution is 2.09. The van der Waals surface area contributed by atoms with Gasteiger partial charge in [-0.1, -0.05) is 11.6 Å². The lowest BCUT2D eigenvalue weighted by Crippen LogP contribution is -2.27. The molecule has 0 aliphatic heterocycles. The third kappa shape index (κ3) is 3.31. The Morgan fingerprint density at radius 3 is 2.75 bits per heavy atom. The molecule has 0 saturated heterocycles. The van der Waals surface area contributed by atoms with Gasteiger partial charge in [-0.2, -0.15) is 0 Å². The van der Waals surface area contributed by atoms with E-state index in [1.54, 1.807) is 0 Å². The highest BCUT2D eigenvalue weighted by Gasteiger charge is 2.14. The molecule has 16 heavy (non-hydrogen) atoms. The quantitative estimate of drug-likeness (QED) is 0.633. The van der Waals surface area contributed by atoms with Gasteiger partial charge in [0.1, 0.15) is 5.02 Å². The van der Waals surface area contributed by atoms with E-state index in [0.29, 0.717) is 13.0 Å². The summed E-state index contributed by atoms with van der Waals surface area (Å²) in [7, 11) is -3.63. The second-order valence-electron chi connectivity index (χ2n) is 3.05. The summed E-state index contributed by atoms with van der Waals surface area (Å²) in [5.74, 6) is 0. The molecule has 0 amide bonds. The average Bonchev–Trinajstić information content (AvgIpc) is 2.22. The van der Waals surface area contributed by atoms with E-state index >= 15 is 0 Å². The summed E-state index contributed by atoms with van der Waals surface area (Å²) in [6, 6.07) is 1.10. The molecule has 0 aliphatic rings. The molecule has 1 aromatic rings. The number of aromatic amines is 1. The molecule has 6 nitrogen and oxygen atoms in total. The Balaban J connectivity index is 2.90. The summed E-state index contributed by atoms with van der Waals surface area (Å²) >= 11 is 5.53. The van der Waals surface area contributed by atoms with Gasteiger partial charge in [0.15, 0.2) is 0 Å². The Kier molecular flexibility index (Phi) is 4.48. The van der Waals surface area contributed by atoms with Crippen LogP contribution in [0.1, 0.15) is 6.42 Å². The number of H-pyrrole nitrogens is 1. The van der Waals surface area contributed by atoms with E-state index in [1.807, 2.05) is 0 Å². The number of nitrogens with one attached hydrogen (secondary N) is 2. The van der Waals surface area contributed by atoms with E-state index in [0.717, 1.165) is 12.3 Å². The summed E-state index contributed by atoms with van der Waals surface area (Å²) < 4.78 is 25.6. The van der Waals surface area contributed by atoms with Gasteiger partial charge < -0.3 is 10.7 Å². The van der Waals surface area contributed by atoms with Gasteiger partial charge in [0, 0.05) is 12.7 Å². The fraction of sp³-hybridized carbons (Fsp3) is 0.375. The van der Waals surface area contributed by atoms with Crippen molar-refractivity contribution in [1.82, 2.24) is 9.71 Å². The maximum Gasteiger partial charge on any atom is 0.266 e. The van der Waals surface area contributed by atoms with Crippen LogP contribution in [0.3, 0.4) is 0 Å². The average molecular weight is 266 g/mol. The van der Waals surface area contributed by atoms with E-state index in [-0.39, 0.29) is 16.5 Å². The molecule has 90 valence electrons. The number of rotatable bonds is 5. The maximum absolute atomic E-state index is 11.6. The van der Waals surface area contributed by atoms with Crippen LogP contribution in [0.4, 0.5) is 0 Å². The first kappa shape index (κ1) is 13.2. The molecule has 4 N–H and O–H groups in total. The number of hydrogen-bond donors (Lipinski definition) is 3. The number of halogens is 1.